The molecule has 0 radical (unpaired) electrons. The first-order valence-corrected chi connectivity index (χ1v) is 10.9. The van der Waals surface area contributed by atoms with Gasteiger partial charge in [0.1, 0.15) is 10.6 Å². The molecule has 7 heteroatoms. The fraction of sp³-hybridized carbons (Fsp3) is 0.667. The molecule has 1 aromatic rings. The van der Waals surface area contributed by atoms with Crippen molar-refractivity contribution in [2.75, 3.05) is 26.2 Å². The molecule has 0 bridgehead atoms. The van der Waals surface area contributed by atoms with Crippen LogP contribution in [0.15, 0.2) is 23.1 Å². The van der Waals surface area contributed by atoms with Crippen molar-refractivity contribution < 1.29 is 13.2 Å². The van der Waals surface area contributed by atoms with Crippen molar-refractivity contribution >= 4 is 21.6 Å². The van der Waals surface area contributed by atoms with Gasteiger partial charge in [-0.1, -0.05) is 31.4 Å². The number of piperidine rings is 1. The Morgan fingerprint density at radius 1 is 1.32 bits per heavy atom. The number of benzene rings is 1. The van der Waals surface area contributed by atoms with Gasteiger partial charge < -0.3 is 10.1 Å². The first kappa shape index (κ1) is 19.0. The van der Waals surface area contributed by atoms with Gasteiger partial charge >= 0.3 is 0 Å². The van der Waals surface area contributed by atoms with Gasteiger partial charge in [-0.2, -0.15) is 0 Å². The summed E-state index contributed by atoms with van der Waals surface area (Å²) in [6, 6.07) is 4.79. The van der Waals surface area contributed by atoms with E-state index in [2.05, 4.69) is 17.0 Å². The molecule has 2 N–H and O–H groups in total. The van der Waals surface area contributed by atoms with Gasteiger partial charge in [0.2, 0.25) is 10.0 Å². The zero-order valence-corrected chi connectivity index (χ0v) is 16.3. The van der Waals surface area contributed by atoms with Gasteiger partial charge in [0.25, 0.3) is 0 Å². The van der Waals surface area contributed by atoms with Crippen LogP contribution in [0.4, 0.5) is 0 Å². The Kier molecular flexibility index (Phi) is 5.93. The molecule has 2 aliphatic rings. The van der Waals surface area contributed by atoms with Crippen molar-refractivity contribution in [1.82, 2.24) is 10.0 Å². The van der Waals surface area contributed by atoms with Gasteiger partial charge in [0.15, 0.2) is 0 Å². The largest absolute Gasteiger partial charge is 0.492 e. The maximum atomic E-state index is 12.8. The molecule has 2 fully saturated rings. The first-order chi connectivity index (χ1) is 11.9. The molecule has 1 saturated heterocycles. The van der Waals surface area contributed by atoms with E-state index in [0.29, 0.717) is 23.9 Å². The molecule has 140 valence electrons. The normalized spacial score (nSPS) is 20.4. The summed E-state index contributed by atoms with van der Waals surface area (Å²) in [7, 11) is -3.67. The van der Waals surface area contributed by atoms with E-state index in [-0.39, 0.29) is 10.3 Å². The quantitative estimate of drug-likeness (QED) is 0.720. The van der Waals surface area contributed by atoms with Crippen molar-refractivity contribution in [1.29, 1.82) is 0 Å². The van der Waals surface area contributed by atoms with Crippen molar-refractivity contribution in [3.05, 3.63) is 23.2 Å². The van der Waals surface area contributed by atoms with E-state index in [9.17, 15) is 8.42 Å². The lowest BCUT2D eigenvalue weighted by molar-refractivity contribution is 0.232. The van der Waals surface area contributed by atoms with Gasteiger partial charge in [-0.25, -0.2) is 13.1 Å². The summed E-state index contributed by atoms with van der Waals surface area (Å²) in [6.45, 7) is 4.93. The molecule has 1 aliphatic heterocycles. The Morgan fingerprint density at radius 2 is 2.04 bits per heavy atom. The molecule has 5 nitrogen and oxygen atoms in total. The highest BCUT2D eigenvalue weighted by molar-refractivity contribution is 7.89. The third kappa shape index (κ3) is 5.33. The Morgan fingerprint density at radius 3 is 2.72 bits per heavy atom. The van der Waals surface area contributed by atoms with Crippen LogP contribution in [0.3, 0.4) is 0 Å². The fourth-order valence-electron chi connectivity index (χ4n) is 3.11. The zero-order valence-electron chi connectivity index (χ0n) is 14.7. The Labute approximate surface area is 155 Å². The summed E-state index contributed by atoms with van der Waals surface area (Å²) in [6.07, 6.45) is 5.39. The van der Waals surface area contributed by atoms with Crippen LogP contribution >= 0.6 is 11.6 Å². The molecule has 1 aliphatic carbocycles. The molecule has 3 rings (SSSR count). The highest BCUT2D eigenvalue weighted by atomic mass is 35.5. The van der Waals surface area contributed by atoms with E-state index in [1.807, 2.05) is 0 Å². The number of rotatable bonds is 8. The number of hydrogen-bond donors (Lipinski definition) is 2. The van der Waals surface area contributed by atoms with Gasteiger partial charge in [-0.3, -0.25) is 0 Å². The van der Waals surface area contributed by atoms with E-state index in [4.69, 9.17) is 16.3 Å². The van der Waals surface area contributed by atoms with Crippen LogP contribution in [0, 0.1) is 11.3 Å². The van der Waals surface area contributed by atoms with Crippen LogP contribution in [-0.2, 0) is 10.0 Å². The summed E-state index contributed by atoms with van der Waals surface area (Å²) >= 11 is 6.04. The SMILES string of the molecule is CC1(CNS(=O)(=O)c2cc(Cl)ccc2OCCC2CC2)CCNCC1. The maximum Gasteiger partial charge on any atom is 0.244 e. The van der Waals surface area contributed by atoms with Gasteiger partial charge in [0, 0.05) is 11.6 Å². The van der Waals surface area contributed by atoms with Crippen LogP contribution in [-0.4, -0.2) is 34.7 Å². The summed E-state index contributed by atoms with van der Waals surface area (Å²) < 4.78 is 34.2. The molecular formula is C18H27ClN2O3S. The highest BCUT2D eigenvalue weighted by Gasteiger charge is 2.30. The topological polar surface area (TPSA) is 67.4 Å². The lowest BCUT2D eigenvalue weighted by Crippen LogP contribution is -2.42. The zero-order chi connectivity index (χ0) is 17.9. The van der Waals surface area contributed by atoms with Crippen molar-refractivity contribution in [2.24, 2.45) is 11.3 Å². The fourth-order valence-corrected chi connectivity index (χ4v) is 4.71. The second kappa shape index (κ2) is 7.82. The molecule has 0 amide bonds. The predicted octanol–water partition coefficient (Wildman–Crippen LogP) is 3.19. The molecule has 1 aromatic carbocycles. The number of sulfonamides is 1. The van der Waals surface area contributed by atoms with Crippen LogP contribution in [0.2, 0.25) is 5.02 Å². The van der Waals surface area contributed by atoms with E-state index < -0.39 is 10.0 Å². The third-order valence-electron chi connectivity index (χ3n) is 5.18. The van der Waals surface area contributed by atoms with E-state index in [1.54, 1.807) is 12.1 Å². The average molecular weight is 387 g/mol. The molecule has 1 saturated carbocycles. The van der Waals surface area contributed by atoms with E-state index in [1.165, 1.54) is 18.9 Å². The van der Waals surface area contributed by atoms with Crippen molar-refractivity contribution in [3.63, 3.8) is 0 Å². The number of halogens is 1. The summed E-state index contributed by atoms with van der Waals surface area (Å²) in [5.41, 5.74) is -0.0239. The van der Waals surface area contributed by atoms with Crippen molar-refractivity contribution in [3.8, 4) is 5.75 Å². The van der Waals surface area contributed by atoms with Crippen LogP contribution in [0.25, 0.3) is 0 Å². The Balaban J connectivity index is 1.69. The molecule has 0 spiro atoms. The number of ether oxygens (including phenoxy) is 1. The molecule has 0 atom stereocenters. The monoisotopic (exact) mass is 386 g/mol. The van der Waals surface area contributed by atoms with Gasteiger partial charge in [-0.05, 0) is 61.9 Å². The van der Waals surface area contributed by atoms with E-state index in [0.717, 1.165) is 38.3 Å². The average Bonchev–Trinajstić information content (AvgIpc) is 3.40. The molecule has 0 unspecified atom stereocenters. The van der Waals surface area contributed by atoms with Crippen LogP contribution in [0.1, 0.15) is 39.0 Å². The minimum Gasteiger partial charge on any atom is -0.492 e. The maximum absolute atomic E-state index is 12.8. The first-order valence-electron chi connectivity index (χ1n) is 9.01. The van der Waals surface area contributed by atoms with Crippen LogP contribution in [0.5, 0.6) is 5.75 Å². The van der Waals surface area contributed by atoms with Crippen LogP contribution < -0.4 is 14.8 Å². The highest BCUT2D eigenvalue weighted by Crippen LogP contribution is 2.34. The second-order valence-electron chi connectivity index (χ2n) is 7.56. The molecule has 0 aromatic heterocycles. The molecule has 1 heterocycles. The Hall–Kier alpha value is -0.820. The third-order valence-corrected chi connectivity index (χ3v) is 6.83. The van der Waals surface area contributed by atoms with Gasteiger partial charge in [0.05, 0.1) is 6.61 Å². The summed E-state index contributed by atoms with van der Waals surface area (Å²) in [5, 5.41) is 3.70. The Bertz CT molecular complexity index is 698. The van der Waals surface area contributed by atoms with Gasteiger partial charge in [-0.15, -0.1) is 0 Å². The standard InChI is InChI=1S/C18H27ClN2O3S/c1-18(7-9-20-10-8-18)13-21-25(22,23)17-12-15(19)4-5-16(17)24-11-6-14-2-3-14/h4-5,12,14,20-21H,2-3,6-11,13H2,1H3. The molecular weight excluding hydrogens is 360 g/mol. The minimum atomic E-state index is -3.67. The van der Waals surface area contributed by atoms with E-state index >= 15 is 0 Å². The summed E-state index contributed by atoms with van der Waals surface area (Å²) in [4.78, 5) is 0.133. The lowest BCUT2D eigenvalue weighted by atomic mass is 9.81. The minimum absolute atomic E-state index is 0.0239. The lowest BCUT2D eigenvalue weighted by Gasteiger charge is -2.34. The molecule has 25 heavy (non-hydrogen) atoms. The summed E-state index contributed by atoms with van der Waals surface area (Å²) in [5.74, 6) is 1.12. The van der Waals surface area contributed by atoms with Crippen molar-refractivity contribution in [2.45, 2.75) is 43.9 Å². The predicted molar refractivity (Wildman–Crippen MR) is 99.7 cm³/mol. The second-order valence-corrected chi connectivity index (χ2v) is 9.73. The number of nitrogens with one attached hydrogen (secondary N) is 2. The number of hydrogen-bond acceptors (Lipinski definition) is 4. The smallest absolute Gasteiger partial charge is 0.244 e.